The van der Waals surface area contributed by atoms with Crippen LogP contribution in [0.4, 0.5) is 11.4 Å². The number of hydrogen-bond donors (Lipinski definition) is 2. The van der Waals surface area contributed by atoms with E-state index in [1.165, 1.54) is 22.8 Å². The number of hydrogen-bond acceptors (Lipinski definition) is 6. The van der Waals surface area contributed by atoms with Gasteiger partial charge in [0.1, 0.15) is 4.90 Å². The molecule has 1 aliphatic heterocycles. The summed E-state index contributed by atoms with van der Waals surface area (Å²) in [6, 6.07) is 10.3. The van der Waals surface area contributed by atoms with Gasteiger partial charge in [0.15, 0.2) is 0 Å². The van der Waals surface area contributed by atoms with Gasteiger partial charge in [0.2, 0.25) is 10.0 Å². The topological polar surface area (TPSA) is 112 Å². The van der Waals surface area contributed by atoms with Crippen molar-refractivity contribution < 1.29 is 18.0 Å². The summed E-state index contributed by atoms with van der Waals surface area (Å²) >= 11 is 0. The molecular formula is C21H27N5O4S. The Balaban J connectivity index is 1.44. The number of amides is 2. The molecule has 0 bridgehead atoms. The second-order valence-corrected chi connectivity index (χ2v) is 9.58. The number of carbonyl (C=O) groups excluding carboxylic acids is 2. The molecule has 1 aromatic carbocycles. The molecule has 10 heteroatoms. The number of sulfonamides is 1. The summed E-state index contributed by atoms with van der Waals surface area (Å²) in [5.41, 5.74) is 1.53. The Kier molecular flexibility index (Phi) is 7.24. The van der Waals surface area contributed by atoms with E-state index in [4.69, 9.17) is 0 Å². The van der Waals surface area contributed by atoms with Crippen LogP contribution in [0.1, 0.15) is 12.8 Å². The minimum absolute atomic E-state index is 0.108. The lowest BCUT2D eigenvalue weighted by Gasteiger charge is -2.31. The molecule has 1 fully saturated rings. The van der Waals surface area contributed by atoms with E-state index in [9.17, 15) is 18.0 Å². The number of nitrogens with one attached hydrogen (secondary N) is 2. The van der Waals surface area contributed by atoms with E-state index in [2.05, 4.69) is 15.6 Å². The van der Waals surface area contributed by atoms with Gasteiger partial charge in [-0.1, -0.05) is 0 Å². The van der Waals surface area contributed by atoms with Gasteiger partial charge in [0.25, 0.3) is 0 Å². The third-order valence-electron chi connectivity index (χ3n) is 5.24. The van der Waals surface area contributed by atoms with Gasteiger partial charge >= 0.3 is 11.8 Å². The predicted molar refractivity (Wildman–Crippen MR) is 118 cm³/mol. The van der Waals surface area contributed by atoms with Gasteiger partial charge in [0, 0.05) is 57.5 Å². The third-order valence-corrected chi connectivity index (χ3v) is 7.13. The van der Waals surface area contributed by atoms with Crippen LogP contribution in [0.3, 0.4) is 0 Å². The van der Waals surface area contributed by atoms with Gasteiger partial charge < -0.3 is 15.5 Å². The molecule has 1 aliphatic rings. The van der Waals surface area contributed by atoms with Crippen LogP contribution in [0.25, 0.3) is 0 Å². The molecule has 0 spiro atoms. The Bertz CT molecular complexity index is 1000. The van der Waals surface area contributed by atoms with Crippen LogP contribution in [0.5, 0.6) is 0 Å². The van der Waals surface area contributed by atoms with Crippen LogP contribution in [0.15, 0.2) is 53.7 Å². The molecular weight excluding hydrogens is 418 g/mol. The predicted octanol–water partition coefficient (Wildman–Crippen LogP) is 1.30. The molecule has 1 saturated heterocycles. The SMILES string of the molecule is CN(C)c1ccc(NC(=O)C(=O)NCC2CCN(S(=O)(=O)c3cccnc3)CC2)cc1. The Morgan fingerprint density at radius 1 is 1.10 bits per heavy atom. The maximum absolute atomic E-state index is 12.6. The number of benzene rings is 1. The van der Waals surface area contributed by atoms with Crippen molar-refractivity contribution in [2.75, 3.05) is 43.9 Å². The summed E-state index contributed by atoms with van der Waals surface area (Å²) in [5, 5.41) is 5.23. The maximum atomic E-state index is 12.6. The zero-order valence-corrected chi connectivity index (χ0v) is 18.4. The lowest BCUT2D eigenvalue weighted by Crippen LogP contribution is -2.43. The largest absolute Gasteiger partial charge is 0.378 e. The molecule has 2 N–H and O–H groups in total. The molecule has 0 radical (unpaired) electrons. The second-order valence-electron chi connectivity index (χ2n) is 7.64. The van der Waals surface area contributed by atoms with E-state index in [1.807, 2.05) is 31.1 Å². The Labute approximate surface area is 182 Å². The standard InChI is InChI=1S/C21H27N5O4S/c1-25(2)18-7-5-17(6-8-18)24-21(28)20(27)23-14-16-9-12-26(13-10-16)31(29,30)19-4-3-11-22-15-19/h3-8,11,15-16H,9-10,12-14H2,1-2H3,(H,23,27)(H,24,28). The van der Waals surface area contributed by atoms with E-state index in [1.54, 1.807) is 18.2 Å². The van der Waals surface area contributed by atoms with E-state index in [-0.39, 0.29) is 10.8 Å². The quantitative estimate of drug-likeness (QED) is 0.649. The first-order valence-corrected chi connectivity index (χ1v) is 11.5. The van der Waals surface area contributed by atoms with Crippen LogP contribution in [-0.4, -0.2) is 63.3 Å². The number of pyridine rings is 1. The van der Waals surface area contributed by atoms with E-state index in [0.717, 1.165) is 5.69 Å². The molecule has 0 atom stereocenters. The van der Waals surface area contributed by atoms with Crippen molar-refractivity contribution in [3.05, 3.63) is 48.8 Å². The average Bonchev–Trinajstić information content (AvgIpc) is 2.78. The molecule has 2 amide bonds. The minimum Gasteiger partial charge on any atom is -0.378 e. The number of rotatable bonds is 6. The van der Waals surface area contributed by atoms with Gasteiger partial charge in [-0.25, -0.2) is 8.42 Å². The fourth-order valence-electron chi connectivity index (χ4n) is 3.35. The number of anilines is 2. The highest BCUT2D eigenvalue weighted by molar-refractivity contribution is 7.89. The van der Waals surface area contributed by atoms with Crippen molar-refractivity contribution in [1.29, 1.82) is 0 Å². The minimum atomic E-state index is -3.56. The summed E-state index contributed by atoms with van der Waals surface area (Å²) in [5.74, 6) is -1.33. The first-order chi connectivity index (χ1) is 14.8. The van der Waals surface area contributed by atoms with Gasteiger partial charge in [-0.15, -0.1) is 0 Å². The fraction of sp³-hybridized carbons (Fsp3) is 0.381. The summed E-state index contributed by atoms with van der Waals surface area (Å²) in [4.78, 5) is 30.2. The Morgan fingerprint density at radius 3 is 2.35 bits per heavy atom. The van der Waals surface area contributed by atoms with Crippen molar-refractivity contribution in [3.63, 3.8) is 0 Å². The monoisotopic (exact) mass is 445 g/mol. The van der Waals surface area contributed by atoms with Crippen molar-refractivity contribution >= 4 is 33.2 Å². The van der Waals surface area contributed by atoms with Gasteiger partial charge in [-0.05, 0) is 55.2 Å². The Morgan fingerprint density at radius 2 is 1.77 bits per heavy atom. The van der Waals surface area contributed by atoms with E-state index >= 15 is 0 Å². The van der Waals surface area contributed by atoms with Crippen LogP contribution in [-0.2, 0) is 19.6 Å². The summed E-state index contributed by atoms with van der Waals surface area (Å²) in [7, 11) is 0.276. The second kappa shape index (κ2) is 9.88. The number of carbonyl (C=O) groups is 2. The molecule has 1 aromatic heterocycles. The van der Waals surface area contributed by atoms with Crippen LogP contribution in [0.2, 0.25) is 0 Å². The normalized spacial score (nSPS) is 15.3. The summed E-state index contributed by atoms with van der Waals surface area (Å²) in [6.07, 6.45) is 4.08. The molecule has 0 saturated carbocycles. The highest BCUT2D eigenvalue weighted by Gasteiger charge is 2.29. The molecule has 2 aromatic rings. The summed E-state index contributed by atoms with van der Waals surface area (Å²) < 4.78 is 26.7. The lowest BCUT2D eigenvalue weighted by molar-refractivity contribution is -0.136. The van der Waals surface area contributed by atoms with Crippen LogP contribution in [0, 0.1) is 5.92 Å². The van der Waals surface area contributed by atoms with Crippen molar-refractivity contribution in [2.24, 2.45) is 5.92 Å². The number of aromatic nitrogens is 1. The molecule has 3 rings (SSSR count). The molecule has 31 heavy (non-hydrogen) atoms. The summed E-state index contributed by atoms with van der Waals surface area (Å²) in [6.45, 7) is 1.05. The van der Waals surface area contributed by atoms with Crippen molar-refractivity contribution in [1.82, 2.24) is 14.6 Å². The Hall–Kier alpha value is -2.98. The number of piperidine rings is 1. The first-order valence-electron chi connectivity index (χ1n) is 10.0. The van der Waals surface area contributed by atoms with Gasteiger partial charge in [-0.2, -0.15) is 4.31 Å². The van der Waals surface area contributed by atoms with Crippen molar-refractivity contribution in [3.8, 4) is 0 Å². The smallest absolute Gasteiger partial charge is 0.313 e. The third kappa shape index (κ3) is 5.80. The molecule has 166 valence electrons. The zero-order chi connectivity index (χ0) is 22.4. The molecule has 0 unspecified atom stereocenters. The number of nitrogens with zero attached hydrogens (tertiary/aromatic N) is 3. The average molecular weight is 446 g/mol. The van der Waals surface area contributed by atoms with E-state index < -0.39 is 21.8 Å². The zero-order valence-electron chi connectivity index (χ0n) is 17.6. The molecule has 2 heterocycles. The molecule has 0 aliphatic carbocycles. The molecule has 9 nitrogen and oxygen atoms in total. The maximum Gasteiger partial charge on any atom is 0.313 e. The van der Waals surface area contributed by atoms with Gasteiger partial charge in [-0.3, -0.25) is 14.6 Å². The first kappa shape index (κ1) is 22.7. The van der Waals surface area contributed by atoms with Crippen LogP contribution >= 0.6 is 0 Å². The van der Waals surface area contributed by atoms with E-state index in [0.29, 0.717) is 38.2 Å². The fourth-order valence-corrected chi connectivity index (χ4v) is 4.78. The lowest BCUT2D eigenvalue weighted by atomic mass is 9.98. The van der Waals surface area contributed by atoms with Gasteiger partial charge in [0.05, 0.1) is 0 Å². The van der Waals surface area contributed by atoms with Crippen LogP contribution < -0.4 is 15.5 Å². The van der Waals surface area contributed by atoms with Crippen molar-refractivity contribution in [2.45, 2.75) is 17.7 Å². The highest BCUT2D eigenvalue weighted by atomic mass is 32.2. The highest BCUT2D eigenvalue weighted by Crippen LogP contribution is 2.23.